The van der Waals surface area contributed by atoms with Gasteiger partial charge in [0.05, 0.1) is 5.92 Å². The first-order valence-electron chi connectivity index (χ1n) is 6.70. The molecule has 0 N–H and O–H groups in total. The van der Waals surface area contributed by atoms with E-state index in [0.717, 1.165) is 5.56 Å². The Kier molecular flexibility index (Phi) is 3.04. The lowest BCUT2D eigenvalue weighted by Gasteiger charge is -2.12. The number of carbonyl (C=O) groups excluding carboxylic acids is 3. The van der Waals surface area contributed by atoms with Crippen molar-refractivity contribution in [2.24, 2.45) is 5.92 Å². The maximum atomic E-state index is 11.9. The van der Waals surface area contributed by atoms with Crippen LogP contribution < -0.4 is 0 Å². The van der Waals surface area contributed by atoms with Crippen molar-refractivity contribution in [1.82, 2.24) is 5.06 Å². The fourth-order valence-corrected chi connectivity index (χ4v) is 2.45. The van der Waals surface area contributed by atoms with Crippen LogP contribution in [0, 0.1) is 12.8 Å². The first-order chi connectivity index (χ1) is 9.56. The van der Waals surface area contributed by atoms with E-state index < -0.39 is 17.8 Å². The van der Waals surface area contributed by atoms with E-state index in [1.54, 1.807) is 0 Å². The van der Waals surface area contributed by atoms with Crippen molar-refractivity contribution in [2.75, 3.05) is 0 Å². The zero-order valence-corrected chi connectivity index (χ0v) is 11.2. The highest BCUT2D eigenvalue weighted by Gasteiger charge is 2.47. The van der Waals surface area contributed by atoms with Crippen molar-refractivity contribution in [3.8, 4) is 0 Å². The molecule has 0 aromatic heterocycles. The van der Waals surface area contributed by atoms with Gasteiger partial charge in [0.15, 0.2) is 0 Å². The number of carbonyl (C=O) groups is 3. The highest BCUT2D eigenvalue weighted by Crippen LogP contribution is 2.48. The molecule has 1 saturated heterocycles. The van der Waals surface area contributed by atoms with Crippen molar-refractivity contribution < 1.29 is 19.2 Å². The lowest BCUT2D eigenvalue weighted by molar-refractivity contribution is -0.198. The second-order valence-corrected chi connectivity index (χ2v) is 5.35. The third kappa shape index (κ3) is 2.31. The number of nitrogens with zero attached hydrogens (tertiary/aromatic N) is 1. The summed E-state index contributed by atoms with van der Waals surface area (Å²) < 4.78 is 0. The first kappa shape index (κ1) is 12.8. The Morgan fingerprint density at radius 1 is 1.15 bits per heavy atom. The van der Waals surface area contributed by atoms with Crippen LogP contribution in [-0.2, 0) is 19.2 Å². The van der Waals surface area contributed by atoms with E-state index in [4.69, 9.17) is 4.84 Å². The van der Waals surface area contributed by atoms with E-state index in [9.17, 15) is 14.4 Å². The summed E-state index contributed by atoms with van der Waals surface area (Å²) in [6.07, 6.45) is 0.953. The maximum absolute atomic E-state index is 11.9. The molecule has 1 heterocycles. The van der Waals surface area contributed by atoms with Gasteiger partial charge in [0.1, 0.15) is 0 Å². The molecule has 2 atom stereocenters. The Morgan fingerprint density at radius 2 is 1.75 bits per heavy atom. The number of hydrogen-bond acceptors (Lipinski definition) is 4. The lowest BCUT2D eigenvalue weighted by atomic mass is 10.1. The summed E-state index contributed by atoms with van der Waals surface area (Å²) in [5.41, 5.74) is 2.26. The fourth-order valence-electron chi connectivity index (χ4n) is 2.45. The Bertz CT molecular complexity index is 562. The van der Waals surface area contributed by atoms with Crippen molar-refractivity contribution in [1.29, 1.82) is 0 Å². The Hall–Kier alpha value is -2.17. The van der Waals surface area contributed by atoms with Crippen LogP contribution in [0.25, 0.3) is 0 Å². The number of aryl methyl sites for hydroxylation is 1. The summed E-state index contributed by atoms with van der Waals surface area (Å²) in [5.74, 6) is -1.47. The Labute approximate surface area is 116 Å². The van der Waals surface area contributed by atoms with Gasteiger partial charge in [-0.1, -0.05) is 29.8 Å². The predicted octanol–water partition coefficient (Wildman–Crippen LogP) is 1.71. The molecule has 20 heavy (non-hydrogen) atoms. The number of amides is 2. The van der Waals surface area contributed by atoms with Crippen molar-refractivity contribution in [3.63, 3.8) is 0 Å². The van der Waals surface area contributed by atoms with Crippen molar-refractivity contribution in [2.45, 2.75) is 32.1 Å². The molecule has 1 aromatic rings. The van der Waals surface area contributed by atoms with E-state index in [1.165, 1.54) is 5.56 Å². The fraction of sp³-hybridized carbons (Fsp3) is 0.400. The second kappa shape index (κ2) is 4.74. The zero-order chi connectivity index (χ0) is 14.3. The van der Waals surface area contributed by atoms with Crippen LogP contribution in [0.5, 0.6) is 0 Å². The average molecular weight is 273 g/mol. The Balaban J connectivity index is 1.61. The van der Waals surface area contributed by atoms with Crippen LogP contribution >= 0.6 is 0 Å². The maximum Gasteiger partial charge on any atom is 0.336 e. The molecular formula is C15H15NO4. The molecule has 2 aliphatic rings. The molecule has 2 amide bonds. The minimum atomic E-state index is -0.487. The quantitative estimate of drug-likeness (QED) is 0.786. The molecule has 1 aliphatic carbocycles. The van der Waals surface area contributed by atoms with Crippen molar-refractivity contribution >= 4 is 17.8 Å². The van der Waals surface area contributed by atoms with E-state index in [2.05, 4.69) is 0 Å². The molecule has 1 saturated carbocycles. The summed E-state index contributed by atoms with van der Waals surface area (Å²) >= 11 is 0. The molecule has 0 radical (unpaired) electrons. The van der Waals surface area contributed by atoms with Gasteiger partial charge in [0.25, 0.3) is 11.8 Å². The number of hydrogen-bond donors (Lipinski definition) is 0. The van der Waals surface area contributed by atoms with Gasteiger partial charge in [-0.2, -0.15) is 0 Å². The average Bonchev–Trinajstić information content (AvgIpc) is 3.17. The van der Waals surface area contributed by atoms with Crippen LogP contribution in [0.1, 0.15) is 36.3 Å². The minimum Gasteiger partial charge on any atom is -0.330 e. The lowest BCUT2D eigenvalue weighted by Crippen LogP contribution is -2.32. The third-order valence-electron chi connectivity index (χ3n) is 3.79. The van der Waals surface area contributed by atoms with Crippen LogP contribution in [-0.4, -0.2) is 22.8 Å². The molecule has 0 spiro atoms. The van der Waals surface area contributed by atoms with Gasteiger partial charge < -0.3 is 4.84 Å². The zero-order valence-electron chi connectivity index (χ0n) is 11.2. The van der Waals surface area contributed by atoms with Gasteiger partial charge in [0.2, 0.25) is 0 Å². The summed E-state index contributed by atoms with van der Waals surface area (Å²) in [5, 5.41) is 0.618. The molecular weight excluding hydrogens is 258 g/mol. The largest absolute Gasteiger partial charge is 0.336 e. The number of hydroxylamine groups is 2. The number of imide groups is 1. The van der Waals surface area contributed by atoms with Gasteiger partial charge in [-0.3, -0.25) is 9.59 Å². The molecule has 1 aromatic carbocycles. The third-order valence-corrected chi connectivity index (χ3v) is 3.79. The normalized spacial score (nSPS) is 24.9. The van der Waals surface area contributed by atoms with Crippen LogP contribution in [0.4, 0.5) is 0 Å². The van der Waals surface area contributed by atoms with Gasteiger partial charge in [0, 0.05) is 12.8 Å². The molecule has 5 nitrogen and oxygen atoms in total. The second-order valence-electron chi connectivity index (χ2n) is 5.35. The van der Waals surface area contributed by atoms with Gasteiger partial charge in [-0.05, 0) is 24.8 Å². The summed E-state index contributed by atoms with van der Waals surface area (Å²) in [6.45, 7) is 2.01. The highest BCUT2D eigenvalue weighted by molar-refractivity contribution is 6.01. The molecule has 2 fully saturated rings. The van der Waals surface area contributed by atoms with E-state index in [-0.39, 0.29) is 24.7 Å². The highest BCUT2D eigenvalue weighted by atomic mass is 16.7. The van der Waals surface area contributed by atoms with Crippen LogP contribution in [0.2, 0.25) is 0 Å². The number of rotatable bonds is 3. The molecule has 1 aliphatic heterocycles. The topological polar surface area (TPSA) is 63.7 Å². The monoisotopic (exact) mass is 273 g/mol. The van der Waals surface area contributed by atoms with Crippen molar-refractivity contribution in [3.05, 3.63) is 35.4 Å². The van der Waals surface area contributed by atoms with Crippen LogP contribution in [0.3, 0.4) is 0 Å². The molecule has 0 bridgehead atoms. The molecule has 5 heteroatoms. The van der Waals surface area contributed by atoms with E-state index in [1.807, 2.05) is 31.2 Å². The Morgan fingerprint density at radius 3 is 2.35 bits per heavy atom. The van der Waals surface area contributed by atoms with E-state index in [0.29, 0.717) is 11.5 Å². The summed E-state index contributed by atoms with van der Waals surface area (Å²) in [6, 6.07) is 8.01. The smallest absolute Gasteiger partial charge is 0.330 e. The molecule has 3 rings (SSSR count). The van der Waals surface area contributed by atoms with Gasteiger partial charge in [-0.25, -0.2) is 4.79 Å². The summed E-state index contributed by atoms with van der Waals surface area (Å²) in [7, 11) is 0. The molecule has 104 valence electrons. The van der Waals surface area contributed by atoms with E-state index >= 15 is 0 Å². The predicted molar refractivity (Wildman–Crippen MR) is 69.2 cm³/mol. The molecule has 0 unspecified atom stereocenters. The SMILES string of the molecule is Cc1ccc([C@@H]2C[C@H]2C(=O)ON2C(=O)CCC2=O)cc1. The number of benzene rings is 1. The van der Waals surface area contributed by atoms with Gasteiger partial charge in [-0.15, -0.1) is 5.06 Å². The van der Waals surface area contributed by atoms with Gasteiger partial charge >= 0.3 is 5.97 Å². The van der Waals surface area contributed by atoms with Crippen LogP contribution in [0.15, 0.2) is 24.3 Å². The first-order valence-corrected chi connectivity index (χ1v) is 6.70. The minimum absolute atomic E-state index is 0.123. The standard InChI is InChI=1S/C15H15NO4/c1-9-2-4-10(5-3-9)11-8-12(11)15(19)20-16-13(17)6-7-14(16)18/h2-5,11-12H,6-8H2,1H3/t11-,12+/m0/s1. The summed E-state index contributed by atoms with van der Waals surface area (Å²) in [4.78, 5) is 39.6.